The summed E-state index contributed by atoms with van der Waals surface area (Å²) in [5.41, 5.74) is 1.28. The highest BCUT2D eigenvalue weighted by Gasteiger charge is 2.07. The molecule has 0 radical (unpaired) electrons. The Morgan fingerprint density at radius 2 is 1.69 bits per heavy atom. The topological polar surface area (TPSA) is 19.6 Å². The molecule has 1 aromatic heterocycles. The van der Waals surface area contributed by atoms with Gasteiger partial charge in [-0.05, 0) is 34.3 Å². The van der Waals surface area contributed by atoms with E-state index in [-0.39, 0.29) is 0 Å². The van der Waals surface area contributed by atoms with E-state index in [0.29, 0.717) is 0 Å². The maximum atomic E-state index is 5.41. The molecule has 74 valence electrons. The molecule has 1 heterocycles. The smallest absolute Gasteiger partial charge is 0.122 e. The van der Waals surface area contributed by atoms with Gasteiger partial charge in [-0.25, -0.2) is 0 Å². The van der Waals surface area contributed by atoms with Gasteiger partial charge in [0.15, 0.2) is 0 Å². The molecule has 1 aromatic rings. The van der Waals surface area contributed by atoms with Crippen molar-refractivity contribution >= 4 is 0 Å². The van der Waals surface area contributed by atoms with Crippen LogP contribution in [0.1, 0.15) is 11.3 Å². The van der Waals surface area contributed by atoms with Crippen LogP contribution in [-0.2, 0) is 13.1 Å². The predicted octanol–water partition coefficient (Wildman–Crippen LogP) is 1.40. The molecule has 3 nitrogen and oxygen atoms in total. The summed E-state index contributed by atoms with van der Waals surface area (Å²) < 4.78 is 5.41. The van der Waals surface area contributed by atoms with Crippen molar-refractivity contribution in [2.24, 2.45) is 0 Å². The first-order valence-corrected chi connectivity index (χ1v) is 4.44. The van der Waals surface area contributed by atoms with Gasteiger partial charge in [-0.15, -0.1) is 0 Å². The number of hydrogen-bond acceptors (Lipinski definition) is 3. The first-order valence-electron chi connectivity index (χ1n) is 4.44. The van der Waals surface area contributed by atoms with Crippen molar-refractivity contribution in [3.63, 3.8) is 0 Å². The number of furan rings is 1. The van der Waals surface area contributed by atoms with E-state index >= 15 is 0 Å². The fourth-order valence-corrected chi connectivity index (χ4v) is 1.27. The third-order valence-electron chi connectivity index (χ3n) is 1.78. The zero-order chi connectivity index (χ0) is 9.84. The Hall–Kier alpha value is -0.800. The molecule has 0 spiro atoms. The normalized spacial score (nSPS) is 11.5. The SMILES string of the molecule is CN(C)Cc1ccoc1CN(C)C. The van der Waals surface area contributed by atoms with Gasteiger partial charge in [0, 0.05) is 12.1 Å². The Morgan fingerprint density at radius 1 is 1.08 bits per heavy atom. The summed E-state index contributed by atoms with van der Waals surface area (Å²) in [7, 11) is 8.21. The molecule has 0 N–H and O–H groups in total. The van der Waals surface area contributed by atoms with Crippen LogP contribution in [0.15, 0.2) is 16.7 Å². The summed E-state index contributed by atoms with van der Waals surface area (Å²) in [6.07, 6.45) is 1.76. The van der Waals surface area contributed by atoms with Gasteiger partial charge in [0.25, 0.3) is 0 Å². The molecule has 0 unspecified atom stereocenters. The van der Waals surface area contributed by atoms with Crippen LogP contribution in [-0.4, -0.2) is 38.0 Å². The van der Waals surface area contributed by atoms with Crippen LogP contribution in [0.5, 0.6) is 0 Å². The minimum Gasteiger partial charge on any atom is -0.468 e. The van der Waals surface area contributed by atoms with E-state index in [1.807, 2.05) is 20.2 Å². The van der Waals surface area contributed by atoms with E-state index in [1.165, 1.54) is 5.56 Å². The van der Waals surface area contributed by atoms with Crippen molar-refractivity contribution in [1.82, 2.24) is 9.80 Å². The van der Waals surface area contributed by atoms with Crippen molar-refractivity contribution in [2.75, 3.05) is 28.2 Å². The third kappa shape index (κ3) is 3.20. The van der Waals surface area contributed by atoms with Gasteiger partial charge in [-0.1, -0.05) is 0 Å². The van der Waals surface area contributed by atoms with E-state index in [1.54, 1.807) is 6.26 Å². The van der Waals surface area contributed by atoms with Gasteiger partial charge >= 0.3 is 0 Å². The molecule has 0 aliphatic rings. The summed E-state index contributed by atoms with van der Waals surface area (Å²) in [5, 5.41) is 0. The van der Waals surface area contributed by atoms with E-state index < -0.39 is 0 Å². The van der Waals surface area contributed by atoms with Crippen molar-refractivity contribution in [2.45, 2.75) is 13.1 Å². The lowest BCUT2D eigenvalue weighted by Gasteiger charge is -2.12. The lowest BCUT2D eigenvalue weighted by Crippen LogP contribution is -2.15. The first-order chi connectivity index (χ1) is 6.09. The second-order valence-corrected chi connectivity index (χ2v) is 3.84. The standard InChI is InChI=1S/C10H18N2O/c1-11(2)7-9-5-6-13-10(9)8-12(3)4/h5-6H,7-8H2,1-4H3. The fraction of sp³-hybridized carbons (Fsp3) is 0.600. The molecular formula is C10H18N2O. The van der Waals surface area contributed by atoms with Crippen molar-refractivity contribution in [3.8, 4) is 0 Å². The van der Waals surface area contributed by atoms with Crippen LogP contribution in [0.2, 0.25) is 0 Å². The molecule has 0 saturated heterocycles. The van der Waals surface area contributed by atoms with Gasteiger partial charge < -0.3 is 14.2 Å². The number of rotatable bonds is 4. The van der Waals surface area contributed by atoms with Crippen molar-refractivity contribution in [3.05, 3.63) is 23.7 Å². The summed E-state index contributed by atoms with van der Waals surface area (Å²) in [6.45, 7) is 1.82. The minimum absolute atomic E-state index is 0.871. The first kappa shape index (κ1) is 10.3. The third-order valence-corrected chi connectivity index (χ3v) is 1.78. The minimum atomic E-state index is 0.871. The van der Waals surface area contributed by atoms with E-state index in [9.17, 15) is 0 Å². The molecule has 0 amide bonds. The van der Waals surface area contributed by atoms with Crippen LogP contribution in [0, 0.1) is 0 Å². The molecule has 0 saturated carbocycles. The lowest BCUT2D eigenvalue weighted by atomic mass is 10.2. The monoisotopic (exact) mass is 182 g/mol. The molecule has 0 atom stereocenters. The zero-order valence-corrected chi connectivity index (χ0v) is 8.87. The molecule has 1 rings (SSSR count). The average molecular weight is 182 g/mol. The lowest BCUT2D eigenvalue weighted by molar-refractivity contribution is 0.338. The highest BCUT2D eigenvalue weighted by atomic mass is 16.3. The molecule has 0 bridgehead atoms. The largest absolute Gasteiger partial charge is 0.468 e. The van der Waals surface area contributed by atoms with Gasteiger partial charge in [-0.2, -0.15) is 0 Å². The molecule has 0 fully saturated rings. The molecule has 0 aromatic carbocycles. The van der Waals surface area contributed by atoms with Crippen LogP contribution in [0.25, 0.3) is 0 Å². The maximum Gasteiger partial charge on any atom is 0.122 e. The quantitative estimate of drug-likeness (QED) is 0.702. The Bertz CT molecular complexity index is 229. The summed E-state index contributed by atoms with van der Waals surface area (Å²) in [4.78, 5) is 4.25. The zero-order valence-electron chi connectivity index (χ0n) is 8.87. The second kappa shape index (κ2) is 4.44. The van der Waals surface area contributed by atoms with Gasteiger partial charge in [0.2, 0.25) is 0 Å². The number of nitrogens with zero attached hydrogens (tertiary/aromatic N) is 2. The summed E-state index contributed by atoms with van der Waals surface area (Å²) >= 11 is 0. The van der Waals surface area contributed by atoms with E-state index in [4.69, 9.17) is 4.42 Å². The molecule has 0 aliphatic heterocycles. The molecule has 0 aliphatic carbocycles. The Balaban J connectivity index is 2.65. The van der Waals surface area contributed by atoms with Gasteiger partial charge in [0.1, 0.15) is 5.76 Å². The summed E-state index contributed by atoms with van der Waals surface area (Å²) in [5.74, 6) is 1.07. The Labute approximate surface area is 79.9 Å². The average Bonchev–Trinajstić information content (AvgIpc) is 2.34. The summed E-state index contributed by atoms with van der Waals surface area (Å²) in [6, 6.07) is 2.04. The van der Waals surface area contributed by atoms with Crippen LogP contribution in [0.3, 0.4) is 0 Å². The fourth-order valence-electron chi connectivity index (χ4n) is 1.27. The van der Waals surface area contributed by atoms with Gasteiger partial charge in [-0.3, -0.25) is 0 Å². The highest BCUT2D eigenvalue weighted by Crippen LogP contribution is 2.13. The predicted molar refractivity (Wildman–Crippen MR) is 53.5 cm³/mol. The molecular weight excluding hydrogens is 164 g/mol. The second-order valence-electron chi connectivity index (χ2n) is 3.84. The van der Waals surface area contributed by atoms with E-state index in [2.05, 4.69) is 23.9 Å². The Morgan fingerprint density at radius 3 is 2.23 bits per heavy atom. The van der Waals surface area contributed by atoms with E-state index in [0.717, 1.165) is 18.8 Å². The van der Waals surface area contributed by atoms with Crippen LogP contribution >= 0.6 is 0 Å². The highest BCUT2D eigenvalue weighted by molar-refractivity contribution is 5.16. The molecule has 13 heavy (non-hydrogen) atoms. The van der Waals surface area contributed by atoms with Crippen LogP contribution < -0.4 is 0 Å². The molecule has 3 heteroatoms. The van der Waals surface area contributed by atoms with Crippen molar-refractivity contribution in [1.29, 1.82) is 0 Å². The van der Waals surface area contributed by atoms with Crippen LogP contribution in [0.4, 0.5) is 0 Å². The number of hydrogen-bond donors (Lipinski definition) is 0. The maximum absolute atomic E-state index is 5.41. The van der Waals surface area contributed by atoms with Crippen molar-refractivity contribution < 1.29 is 4.42 Å². The van der Waals surface area contributed by atoms with Gasteiger partial charge in [0.05, 0.1) is 12.8 Å². The Kier molecular flexibility index (Phi) is 3.51.